The maximum atomic E-state index is 5.50. The van der Waals surface area contributed by atoms with Gasteiger partial charge in [-0.05, 0) is 18.0 Å². The van der Waals surface area contributed by atoms with Crippen LogP contribution < -0.4 is 5.32 Å². The number of nitrogens with one attached hydrogen (secondary N) is 1. The van der Waals surface area contributed by atoms with Gasteiger partial charge in [0.15, 0.2) is 0 Å². The lowest BCUT2D eigenvalue weighted by atomic mass is 10.5. The molecular formula is C6H9ClN4. The van der Waals surface area contributed by atoms with Gasteiger partial charge in [-0.25, -0.2) is 0 Å². The first-order chi connectivity index (χ1) is 5.33. The monoisotopic (exact) mass is 172 g/mol. The summed E-state index contributed by atoms with van der Waals surface area (Å²) in [7, 11) is 0. The van der Waals surface area contributed by atoms with Crippen LogP contribution in [-0.4, -0.2) is 21.7 Å². The molecular weight excluding hydrogens is 164 g/mol. The average Bonchev–Trinajstić information content (AvgIpc) is 2.01. The van der Waals surface area contributed by atoms with E-state index in [-0.39, 0.29) is 5.28 Å². The molecule has 0 aliphatic rings. The first-order valence-corrected chi connectivity index (χ1v) is 3.80. The van der Waals surface area contributed by atoms with Gasteiger partial charge < -0.3 is 5.32 Å². The van der Waals surface area contributed by atoms with E-state index >= 15 is 0 Å². The number of hydrogen-bond acceptors (Lipinski definition) is 4. The van der Waals surface area contributed by atoms with Gasteiger partial charge in [-0.1, -0.05) is 6.92 Å². The lowest BCUT2D eigenvalue weighted by molar-refractivity contribution is 0.930. The molecule has 0 fully saturated rings. The van der Waals surface area contributed by atoms with Crippen molar-refractivity contribution in [1.82, 2.24) is 15.2 Å². The highest BCUT2D eigenvalue weighted by molar-refractivity contribution is 6.28. The van der Waals surface area contributed by atoms with Crippen LogP contribution in [0.3, 0.4) is 0 Å². The fraction of sp³-hybridized carbons (Fsp3) is 0.500. The molecule has 0 unspecified atom stereocenters. The van der Waals surface area contributed by atoms with Crippen LogP contribution in [0, 0.1) is 0 Å². The molecule has 0 saturated heterocycles. The molecule has 0 aromatic carbocycles. The summed E-state index contributed by atoms with van der Waals surface area (Å²) < 4.78 is 0. The highest BCUT2D eigenvalue weighted by Gasteiger charge is 1.94. The molecule has 1 aromatic heterocycles. The molecule has 0 radical (unpaired) electrons. The third-order valence-electron chi connectivity index (χ3n) is 1.09. The van der Waals surface area contributed by atoms with Crippen molar-refractivity contribution >= 4 is 17.4 Å². The van der Waals surface area contributed by atoms with E-state index in [2.05, 4.69) is 27.4 Å². The van der Waals surface area contributed by atoms with Crippen LogP contribution in [0.1, 0.15) is 13.3 Å². The fourth-order valence-electron chi connectivity index (χ4n) is 0.620. The summed E-state index contributed by atoms with van der Waals surface area (Å²) in [4.78, 5) is 3.89. The summed E-state index contributed by atoms with van der Waals surface area (Å²) in [6, 6.07) is 0. The summed E-state index contributed by atoms with van der Waals surface area (Å²) in [5.41, 5.74) is 0. The predicted octanol–water partition coefficient (Wildman–Crippen LogP) is 1.35. The SMILES string of the molecule is CCCNc1cnnc(Cl)n1. The number of hydrogen-bond donors (Lipinski definition) is 1. The Bertz CT molecular complexity index is 228. The minimum Gasteiger partial charge on any atom is -0.369 e. The van der Waals surface area contributed by atoms with Crippen molar-refractivity contribution in [2.45, 2.75) is 13.3 Å². The van der Waals surface area contributed by atoms with E-state index in [0.29, 0.717) is 5.82 Å². The van der Waals surface area contributed by atoms with E-state index in [0.717, 1.165) is 13.0 Å². The molecule has 4 nitrogen and oxygen atoms in total. The maximum Gasteiger partial charge on any atom is 0.244 e. The Balaban J connectivity index is 2.56. The topological polar surface area (TPSA) is 50.7 Å². The molecule has 5 heteroatoms. The molecule has 1 rings (SSSR count). The van der Waals surface area contributed by atoms with E-state index in [1.54, 1.807) is 6.20 Å². The minimum absolute atomic E-state index is 0.172. The summed E-state index contributed by atoms with van der Waals surface area (Å²) in [6.07, 6.45) is 2.59. The van der Waals surface area contributed by atoms with Crippen molar-refractivity contribution in [3.8, 4) is 0 Å². The maximum absolute atomic E-state index is 5.50. The summed E-state index contributed by atoms with van der Waals surface area (Å²) in [6.45, 7) is 2.94. The molecule has 1 N–H and O–H groups in total. The van der Waals surface area contributed by atoms with Crippen molar-refractivity contribution in [2.75, 3.05) is 11.9 Å². The Morgan fingerprint density at radius 3 is 3.09 bits per heavy atom. The van der Waals surface area contributed by atoms with Crippen molar-refractivity contribution in [3.63, 3.8) is 0 Å². The number of rotatable bonds is 3. The molecule has 0 amide bonds. The molecule has 0 aliphatic heterocycles. The van der Waals surface area contributed by atoms with Crippen molar-refractivity contribution in [3.05, 3.63) is 11.5 Å². The molecule has 0 bridgehead atoms. The van der Waals surface area contributed by atoms with Crippen molar-refractivity contribution in [1.29, 1.82) is 0 Å². The molecule has 60 valence electrons. The fourth-order valence-corrected chi connectivity index (χ4v) is 0.755. The molecule has 0 saturated carbocycles. The van der Waals surface area contributed by atoms with Gasteiger partial charge in [0.05, 0.1) is 6.20 Å². The molecule has 1 aromatic rings. The first-order valence-electron chi connectivity index (χ1n) is 3.42. The van der Waals surface area contributed by atoms with Gasteiger partial charge in [0.1, 0.15) is 5.82 Å². The van der Waals surface area contributed by atoms with Crippen LogP contribution in [0.2, 0.25) is 5.28 Å². The molecule has 0 atom stereocenters. The van der Waals surface area contributed by atoms with Crippen LogP contribution in [0.15, 0.2) is 6.20 Å². The molecule has 11 heavy (non-hydrogen) atoms. The highest BCUT2D eigenvalue weighted by Crippen LogP contribution is 2.02. The van der Waals surface area contributed by atoms with E-state index in [1.807, 2.05) is 0 Å². The zero-order valence-corrected chi connectivity index (χ0v) is 6.97. The van der Waals surface area contributed by atoms with Gasteiger partial charge in [0, 0.05) is 6.54 Å². The Morgan fingerprint density at radius 1 is 1.64 bits per heavy atom. The molecule has 0 spiro atoms. The van der Waals surface area contributed by atoms with Gasteiger partial charge in [-0.2, -0.15) is 10.1 Å². The van der Waals surface area contributed by atoms with Crippen molar-refractivity contribution in [2.24, 2.45) is 0 Å². The number of nitrogens with zero attached hydrogens (tertiary/aromatic N) is 3. The quantitative estimate of drug-likeness (QED) is 0.748. The van der Waals surface area contributed by atoms with E-state index < -0.39 is 0 Å². The second-order valence-electron chi connectivity index (χ2n) is 2.04. The van der Waals surface area contributed by atoms with E-state index in [4.69, 9.17) is 11.6 Å². The standard InChI is InChI=1S/C6H9ClN4/c1-2-3-8-5-4-9-11-6(7)10-5/h4H,2-3H2,1H3,(H,8,10,11). The Kier molecular flexibility index (Phi) is 3.04. The number of anilines is 1. The zero-order chi connectivity index (χ0) is 8.10. The molecule has 1 heterocycles. The summed E-state index contributed by atoms with van der Waals surface area (Å²) in [5, 5.41) is 10.4. The minimum atomic E-state index is 0.172. The number of aromatic nitrogens is 3. The Morgan fingerprint density at radius 2 is 2.45 bits per heavy atom. The second kappa shape index (κ2) is 4.08. The van der Waals surface area contributed by atoms with Gasteiger partial charge in [-0.3, -0.25) is 0 Å². The average molecular weight is 173 g/mol. The smallest absolute Gasteiger partial charge is 0.244 e. The normalized spacial score (nSPS) is 9.64. The third kappa shape index (κ3) is 2.67. The largest absolute Gasteiger partial charge is 0.369 e. The Hall–Kier alpha value is -0.900. The van der Waals surface area contributed by atoms with Crippen molar-refractivity contribution < 1.29 is 0 Å². The van der Waals surface area contributed by atoms with Crippen LogP contribution in [-0.2, 0) is 0 Å². The highest BCUT2D eigenvalue weighted by atomic mass is 35.5. The Labute approximate surface area is 70.0 Å². The van der Waals surface area contributed by atoms with E-state index in [1.165, 1.54) is 0 Å². The van der Waals surface area contributed by atoms with Crippen LogP contribution in [0.25, 0.3) is 0 Å². The van der Waals surface area contributed by atoms with Crippen LogP contribution in [0.4, 0.5) is 5.82 Å². The lowest BCUT2D eigenvalue weighted by Gasteiger charge is -2.00. The van der Waals surface area contributed by atoms with E-state index in [9.17, 15) is 0 Å². The molecule has 0 aliphatic carbocycles. The summed E-state index contributed by atoms with van der Waals surface area (Å²) >= 11 is 5.50. The van der Waals surface area contributed by atoms with Gasteiger partial charge in [-0.15, -0.1) is 5.10 Å². The van der Waals surface area contributed by atoms with Gasteiger partial charge in [0.2, 0.25) is 5.28 Å². The third-order valence-corrected chi connectivity index (χ3v) is 1.25. The predicted molar refractivity (Wildman–Crippen MR) is 43.6 cm³/mol. The van der Waals surface area contributed by atoms with Gasteiger partial charge in [0.25, 0.3) is 0 Å². The lowest BCUT2D eigenvalue weighted by Crippen LogP contribution is -2.03. The zero-order valence-electron chi connectivity index (χ0n) is 6.21. The van der Waals surface area contributed by atoms with Crippen LogP contribution >= 0.6 is 11.6 Å². The van der Waals surface area contributed by atoms with Gasteiger partial charge >= 0.3 is 0 Å². The van der Waals surface area contributed by atoms with Crippen LogP contribution in [0.5, 0.6) is 0 Å². The summed E-state index contributed by atoms with van der Waals surface area (Å²) in [5.74, 6) is 0.673. The second-order valence-corrected chi connectivity index (χ2v) is 2.38. The first kappa shape index (κ1) is 8.20. The number of halogens is 1.